The number of fused-ring (bicyclic) bond motifs is 1. The average Bonchev–Trinajstić information content (AvgIpc) is 3.34. The molecule has 3 aromatic rings. The maximum Gasteiger partial charge on any atom is 0.273 e. The molecule has 3 heterocycles. The fourth-order valence-electron chi connectivity index (χ4n) is 3.35. The van der Waals surface area contributed by atoms with Crippen molar-refractivity contribution in [3.05, 3.63) is 54.1 Å². The van der Waals surface area contributed by atoms with Crippen LogP contribution >= 0.6 is 0 Å². The van der Waals surface area contributed by atoms with Crippen molar-refractivity contribution in [2.45, 2.75) is 26.0 Å². The van der Waals surface area contributed by atoms with Gasteiger partial charge >= 0.3 is 0 Å². The molecule has 7 heteroatoms. The Morgan fingerprint density at radius 3 is 3.08 bits per heavy atom. The van der Waals surface area contributed by atoms with E-state index >= 15 is 0 Å². The third kappa shape index (κ3) is 3.17. The maximum absolute atomic E-state index is 13.0. The van der Waals surface area contributed by atoms with Crippen molar-refractivity contribution >= 4 is 16.7 Å². The Bertz CT molecular complexity index is 918. The molecule has 1 amide bonds. The molecule has 1 unspecified atom stereocenters. The predicted molar refractivity (Wildman–Crippen MR) is 96.7 cm³/mol. The van der Waals surface area contributed by atoms with Crippen molar-refractivity contribution in [2.75, 3.05) is 19.7 Å². The van der Waals surface area contributed by atoms with Crippen LogP contribution in [-0.2, 0) is 11.3 Å². The van der Waals surface area contributed by atoms with Gasteiger partial charge in [0, 0.05) is 31.3 Å². The molecule has 0 N–H and O–H groups in total. The molecule has 26 heavy (non-hydrogen) atoms. The lowest BCUT2D eigenvalue weighted by atomic mass is 10.1. The van der Waals surface area contributed by atoms with Gasteiger partial charge in [-0.3, -0.25) is 9.78 Å². The van der Waals surface area contributed by atoms with Crippen molar-refractivity contribution in [1.82, 2.24) is 24.9 Å². The van der Waals surface area contributed by atoms with E-state index in [1.54, 1.807) is 6.20 Å². The van der Waals surface area contributed by atoms with Gasteiger partial charge < -0.3 is 9.64 Å². The Labute approximate surface area is 151 Å². The molecule has 0 saturated carbocycles. The molecule has 134 valence electrons. The zero-order valence-corrected chi connectivity index (χ0v) is 14.7. The Balaban J connectivity index is 1.49. The maximum atomic E-state index is 13.0. The van der Waals surface area contributed by atoms with E-state index in [2.05, 4.69) is 15.3 Å². The van der Waals surface area contributed by atoms with Crippen LogP contribution in [0, 0.1) is 0 Å². The average molecular weight is 351 g/mol. The van der Waals surface area contributed by atoms with Gasteiger partial charge in [-0.2, -0.15) is 0 Å². The summed E-state index contributed by atoms with van der Waals surface area (Å²) in [6.45, 7) is 4.37. The van der Waals surface area contributed by atoms with E-state index in [1.807, 2.05) is 53.0 Å². The minimum atomic E-state index is -0.0287. The molecule has 1 aliphatic heterocycles. The quantitative estimate of drug-likeness (QED) is 0.706. The summed E-state index contributed by atoms with van der Waals surface area (Å²) in [6.07, 6.45) is 4.46. The summed E-state index contributed by atoms with van der Waals surface area (Å²) in [7, 11) is 0. The number of benzene rings is 1. The standard InChI is InChI=1S/C19H21N5O2/c1-2-26-13-15-11-24(22-21-15)16-8-10-23(12-16)19(25)18-17-6-4-3-5-14(17)7-9-20-18/h3-7,9,11,16H,2,8,10,12-13H2,1H3. The molecular formula is C19H21N5O2. The number of hydrogen-bond donors (Lipinski definition) is 0. The largest absolute Gasteiger partial charge is 0.375 e. The SMILES string of the molecule is CCOCc1cn(C2CCN(C(=O)c3nccc4ccccc34)C2)nn1. The molecule has 0 bridgehead atoms. The van der Waals surface area contributed by atoms with Crippen LogP contribution in [0.25, 0.3) is 10.8 Å². The normalized spacial score (nSPS) is 17.1. The number of rotatable bonds is 5. The van der Waals surface area contributed by atoms with E-state index in [9.17, 15) is 4.79 Å². The number of likely N-dealkylation sites (tertiary alicyclic amines) is 1. The van der Waals surface area contributed by atoms with E-state index < -0.39 is 0 Å². The molecule has 1 saturated heterocycles. The fraction of sp³-hybridized carbons (Fsp3) is 0.368. The van der Waals surface area contributed by atoms with Crippen molar-refractivity contribution in [3.8, 4) is 0 Å². The first-order valence-corrected chi connectivity index (χ1v) is 8.87. The fourth-order valence-corrected chi connectivity index (χ4v) is 3.35. The second kappa shape index (κ2) is 7.21. The van der Waals surface area contributed by atoms with E-state index in [0.29, 0.717) is 32.0 Å². The highest BCUT2D eigenvalue weighted by atomic mass is 16.5. The van der Waals surface area contributed by atoms with Crippen LogP contribution in [0.5, 0.6) is 0 Å². The van der Waals surface area contributed by atoms with E-state index in [-0.39, 0.29) is 11.9 Å². The smallest absolute Gasteiger partial charge is 0.273 e. The topological polar surface area (TPSA) is 73.1 Å². The van der Waals surface area contributed by atoms with Crippen molar-refractivity contribution in [2.24, 2.45) is 0 Å². The minimum Gasteiger partial charge on any atom is -0.375 e. The van der Waals surface area contributed by atoms with Crippen LogP contribution in [0.15, 0.2) is 42.7 Å². The zero-order chi connectivity index (χ0) is 17.9. The number of aromatic nitrogens is 4. The highest BCUT2D eigenvalue weighted by Gasteiger charge is 2.30. The molecular weight excluding hydrogens is 330 g/mol. The number of ether oxygens (including phenoxy) is 1. The summed E-state index contributed by atoms with van der Waals surface area (Å²) < 4.78 is 7.21. The van der Waals surface area contributed by atoms with Gasteiger partial charge in [-0.1, -0.05) is 29.5 Å². The van der Waals surface area contributed by atoms with Gasteiger partial charge in [-0.25, -0.2) is 4.68 Å². The summed E-state index contributed by atoms with van der Waals surface area (Å²) in [5, 5.41) is 10.3. The van der Waals surface area contributed by atoms with E-state index in [1.165, 1.54) is 0 Å². The van der Waals surface area contributed by atoms with Gasteiger partial charge in [0.2, 0.25) is 0 Å². The molecule has 1 aromatic carbocycles. The lowest BCUT2D eigenvalue weighted by molar-refractivity contribution is 0.0783. The van der Waals surface area contributed by atoms with Crippen molar-refractivity contribution in [1.29, 1.82) is 0 Å². The van der Waals surface area contributed by atoms with E-state index in [4.69, 9.17) is 4.74 Å². The number of hydrogen-bond acceptors (Lipinski definition) is 5. The Morgan fingerprint density at radius 2 is 2.19 bits per heavy atom. The van der Waals surface area contributed by atoms with Gasteiger partial charge in [-0.15, -0.1) is 5.10 Å². The van der Waals surface area contributed by atoms with Gasteiger partial charge in [0.25, 0.3) is 5.91 Å². The molecule has 2 aromatic heterocycles. The highest BCUT2D eigenvalue weighted by molar-refractivity contribution is 6.05. The second-order valence-corrected chi connectivity index (χ2v) is 6.40. The van der Waals surface area contributed by atoms with Crippen LogP contribution in [-0.4, -0.2) is 50.5 Å². The van der Waals surface area contributed by atoms with Crippen LogP contribution in [0.2, 0.25) is 0 Å². The molecule has 1 aliphatic rings. The molecule has 7 nitrogen and oxygen atoms in total. The Hall–Kier alpha value is -2.80. The summed E-state index contributed by atoms with van der Waals surface area (Å²) in [5.41, 5.74) is 1.33. The summed E-state index contributed by atoms with van der Waals surface area (Å²) in [6, 6.07) is 9.90. The number of pyridine rings is 1. The molecule has 0 radical (unpaired) electrons. The first-order chi connectivity index (χ1) is 12.8. The van der Waals surface area contributed by atoms with Crippen molar-refractivity contribution < 1.29 is 9.53 Å². The van der Waals surface area contributed by atoms with Crippen LogP contribution in [0.3, 0.4) is 0 Å². The molecule has 0 spiro atoms. The minimum absolute atomic E-state index is 0.0287. The van der Waals surface area contributed by atoms with Gasteiger partial charge in [0.1, 0.15) is 11.4 Å². The van der Waals surface area contributed by atoms with Crippen LogP contribution in [0.1, 0.15) is 35.6 Å². The van der Waals surface area contributed by atoms with E-state index in [0.717, 1.165) is 22.9 Å². The number of nitrogens with zero attached hydrogens (tertiary/aromatic N) is 5. The molecule has 1 fully saturated rings. The first kappa shape index (κ1) is 16.7. The van der Waals surface area contributed by atoms with Crippen LogP contribution < -0.4 is 0 Å². The number of carbonyl (C=O) groups is 1. The summed E-state index contributed by atoms with van der Waals surface area (Å²) in [4.78, 5) is 19.2. The van der Waals surface area contributed by atoms with Gasteiger partial charge in [0.05, 0.1) is 18.8 Å². The van der Waals surface area contributed by atoms with Gasteiger partial charge in [-0.05, 0) is 24.8 Å². The lowest BCUT2D eigenvalue weighted by Gasteiger charge is -2.17. The van der Waals surface area contributed by atoms with Crippen molar-refractivity contribution in [3.63, 3.8) is 0 Å². The molecule has 1 atom stereocenters. The lowest BCUT2D eigenvalue weighted by Crippen LogP contribution is -2.30. The summed E-state index contributed by atoms with van der Waals surface area (Å²) >= 11 is 0. The first-order valence-electron chi connectivity index (χ1n) is 8.87. The third-order valence-electron chi connectivity index (χ3n) is 4.71. The Morgan fingerprint density at radius 1 is 1.31 bits per heavy atom. The van der Waals surface area contributed by atoms with Crippen LogP contribution in [0.4, 0.5) is 0 Å². The highest BCUT2D eigenvalue weighted by Crippen LogP contribution is 2.24. The Kier molecular flexibility index (Phi) is 4.62. The molecule has 0 aliphatic carbocycles. The summed E-state index contributed by atoms with van der Waals surface area (Å²) in [5.74, 6) is -0.0287. The predicted octanol–water partition coefficient (Wildman–Crippen LogP) is 2.45. The molecule has 4 rings (SSSR count). The second-order valence-electron chi connectivity index (χ2n) is 6.40. The zero-order valence-electron chi connectivity index (χ0n) is 14.7. The number of amides is 1. The monoisotopic (exact) mass is 351 g/mol. The van der Waals surface area contributed by atoms with Gasteiger partial charge in [0.15, 0.2) is 0 Å². The number of carbonyl (C=O) groups excluding carboxylic acids is 1. The third-order valence-corrected chi connectivity index (χ3v) is 4.71.